The summed E-state index contributed by atoms with van der Waals surface area (Å²) in [7, 11) is 1.84. The van der Waals surface area contributed by atoms with Gasteiger partial charge in [0, 0.05) is 56.6 Å². The van der Waals surface area contributed by atoms with Gasteiger partial charge in [-0.1, -0.05) is 6.07 Å². The van der Waals surface area contributed by atoms with E-state index in [0.29, 0.717) is 0 Å². The number of nitrogens with zero attached hydrogens (tertiary/aromatic N) is 3. The molecule has 7 heteroatoms. The van der Waals surface area contributed by atoms with Crippen LogP contribution in [0.15, 0.2) is 30.7 Å². The van der Waals surface area contributed by atoms with Crippen molar-refractivity contribution >= 4 is 28.5 Å². The van der Waals surface area contributed by atoms with E-state index in [9.17, 15) is 0 Å². The smallest absolute Gasteiger partial charge is 0.137 e. The van der Waals surface area contributed by atoms with Crippen molar-refractivity contribution < 1.29 is 4.74 Å². The maximum Gasteiger partial charge on any atom is 0.137 e. The van der Waals surface area contributed by atoms with Crippen molar-refractivity contribution in [1.82, 2.24) is 20.2 Å². The molecule has 0 bridgehead atoms. The molecule has 132 valence electrons. The zero-order valence-corrected chi connectivity index (χ0v) is 14.5. The van der Waals surface area contributed by atoms with E-state index in [4.69, 9.17) is 10.1 Å². The number of rotatable bonds is 7. The van der Waals surface area contributed by atoms with Gasteiger partial charge in [-0.15, -0.1) is 0 Å². The SMILES string of the molecule is CNc1ncnc2ccc(/C(C=N)=C/NCCN3CCOCC3)cc12. The average Bonchev–Trinajstić information content (AvgIpc) is 2.68. The highest BCUT2D eigenvalue weighted by Gasteiger charge is 2.09. The number of hydrogen-bond acceptors (Lipinski definition) is 7. The van der Waals surface area contributed by atoms with Crippen molar-refractivity contribution in [3.63, 3.8) is 0 Å². The highest BCUT2D eigenvalue weighted by molar-refractivity contribution is 6.09. The van der Waals surface area contributed by atoms with Crippen LogP contribution in [0, 0.1) is 5.41 Å². The van der Waals surface area contributed by atoms with Gasteiger partial charge in [-0.25, -0.2) is 9.97 Å². The van der Waals surface area contributed by atoms with E-state index in [1.807, 2.05) is 31.4 Å². The number of aromatic nitrogens is 2. The first-order chi connectivity index (χ1) is 12.3. The lowest BCUT2D eigenvalue weighted by Crippen LogP contribution is -2.39. The Labute approximate surface area is 147 Å². The maximum atomic E-state index is 7.73. The monoisotopic (exact) mass is 340 g/mol. The van der Waals surface area contributed by atoms with Gasteiger partial charge in [-0.3, -0.25) is 4.90 Å². The minimum absolute atomic E-state index is 0.788. The molecular formula is C18H24N6O. The van der Waals surface area contributed by atoms with Crippen LogP contribution in [0.5, 0.6) is 0 Å². The first-order valence-corrected chi connectivity index (χ1v) is 8.49. The molecule has 0 atom stereocenters. The lowest BCUT2D eigenvalue weighted by Gasteiger charge is -2.26. The van der Waals surface area contributed by atoms with Gasteiger partial charge in [-0.2, -0.15) is 0 Å². The van der Waals surface area contributed by atoms with Crippen molar-refractivity contribution in [2.24, 2.45) is 0 Å². The fourth-order valence-electron chi connectivity index (χ4n) is 2.87. The van der Waals surface area contributed by atoms with E-state index >= 15 is 0 Å². The summed E-state index contributed by atoms with van der Waals surface area (Å²) in [5.74, 6) is 0.788. The van der Waals surface area contributed by atoms with Crippen LogP contribution in [0.3, 0.4) is 0 Å². The van der Waals surface area contributed by atoms with Crippen LogP contribution < -0.4 is 10.6 Å². The third-order valence-electron chi connectivity index (χ3n) is 4.29. The predicted octanol–water partition coefficient (Wildman–Crippen LogP) is 1.58. The molecule has 0 aliphatic carbocycles. The molecule has 0 amide bonds. The van der Waals surface area contributed by atoms with Crippen LogP contribution in [0.4, 0.5) is 5.82 Å². The van der Waals surface area contributed by atoms with Crippen molar-refractivity contribution in [2.75, 3.05) is 51.8 Å². The van der Waals surface area contributed by atoms with Gasteiger partial charge in [0.2, 0.25) is 0 Å². The van der Waals surface area contributed by atoms with Gasteiger partial charge < -0.3 is 20.8 Å². The summed E-state index contributed by atoms with van der Waals surface area (Å²) in [5, 5.41) is 15.1. The second kappa shape index (κ2) is 8.55. The summed E-state index contributed by atoms with van der Waals surface area (Å²) >= 11 is 0. The van der Waals surface area contributed by atoms with Crippen LogP contribution in [-0.4, -0.2) is 67.5 Å². The number of nitrogens with one attached hydrogen (secondary N) is 3. The topological polar surface area (TPSA) is 86.2 Å². The fourth-order valence-corrected chi connectivity index (χ4v) is 2.87. The second-order valence-corrected chi connectivity index (χ2v) is 5.86. The van der Waals surface area contributed by atoms with Gasteiger partial charge in [0.1, 0.15) is 12.1 Å². The van der Waals surface area contributed by atoms with Crippen LogP contribution in [0.2, 0.25) is 0 Å². The zero-order chi connectivity index (χ0) is 17.5. The Morgan fingerprint density at radius 2 is 2.16 bits per heavy atom. The largest absolute Gasteiger partial charge is 0.389 e. The summed E-state index contributed by atoms with van der Waals surface area (Å²) < 4.78 is 5.35. The van der Waals surface area contributed by atoms with Crippen molar-refractivity contribution in [1.29, 1.82) is 5.41 Å². The van der Waals surface area contributed by atoms with Crippen molar-refractivity contribution in [2.45, 2.75) is 0 Å². The van der Waals surface area contributed by atoms with Crippen LogP contribution in [0.1, 0.15) is 5.56 Å². The molecule has 2 heterocycles. The maximum absolute atomic E-state index is 7.73. The third-order valence-corrected chi connectivity index (χ3v) is 4.29. The summed E-state index contributed by atoms with van der Waals surface area (Å²) in [6.45, 7) is 5.42. The van der Waals surface area contributed by atoms with E-state index < -0.39 is 0 Å². The lowest BCUT2D eigenvalue weighted by molar-refractivity contribution is 0.0388. The average molecular weight is 340 g/mol. The highest BCUT2D eigenvalue weighted by atomic mass is 16.5. The van der Waals surface area contributed by atoms with Gasteiger partial charge in [0.05, 0.1) is 18.7 Å². The number of benzene rings is 1. The molecule has 1 fully saturated rings. The molecule has 0 saturated carbocycles. The predicted molar refractivity (Wildman–Crippen MR) is 101 cm³/mol. The standard InChI is InChI=1S/C18H24N6O/c1-20-18-16-10-14(2-3-17(16)22-13-23-18)15(11-19)12-21-4-5-24-6-8-25-9-7-24/h2-3,10-13,19,21H,4-9H2,1H3,(H,20,22,23)/b15-12+,19-11?. The Morgan fingerprint density at radius 1 is 1.32 bits per heavy atom. The quantitative estimate of drug-likeness (QED) is 0.524. The molecule has 1 aliphatic rings. The van der Waals surface area contributed by atoms with Crippen LogP contribution >= 0.6 is 0 Å². The Kier molecular flexibility index (Phi) is 5.92. The number of allylic oxidation sites excluding steroid dienone is 1. The van der Waals surface area contributed by atoms with E-state index in [0.717, 1.165) is 67.3 Å². The van der Waals surface area contributed by atoms with Gasteiger partial charge >= 0.3 is 0 Å². The molecule has 1 aromatic carbocycles. The van der Waals surface area contributed by atoms with E-state index in [-0.39, 0.29) is 0 Å². The van der Waals surface area contributed by atoms with E-state index in [2.05, 4.69) is 25.5 Å². The van der Waals surface area contributed by atoms with Gasteiger partial charge in [0.15, 0.2) is 0 Å². The Balaban J connectivity index is 1.69. The molecule has 1 aromatic heterocycles. The molecule has 1 saturated heterocycles. The molecule has 1 aliphatic heterocycles. The van der Waals surface area contributed by atoms with Crippen molar-refractivity contribution in [3.8, 4) is 0 Å². The molecule has 25 heavy (non-hydrogen) atoms. The number of fused-ring (bicyclic) bond motifs is 1. The zero-order valence-electron chi connectivity index (χ0n) is 14.5. The number of ether oxygens (including phenoxy) is 1. The van der Waals surface area contributed by atoms with Crippen LogP contribution in [-0.2, 0) is 4.74 Å². The number of morpholine rings is 1. The summed E-state index contributed by atoms with van der Waals surface area (Å²) in [5.41, 5.74) is 2.68. The normalized spacial score (nSPS) is 16.0. The molecule has 3 rings (SSSR count). The highest BCUT2D eigenvalue weighted by Crippen LogP contribution is 2.23. The van der Waals surface area contributed by atoms with Crippen LogP contribution in [0.25, 0.3) is 16.5 Å². The first kappa shape index (κ1) is 17.3. The van der Waals surface area contributed by atoms with E-state index in [1.165, 1.54) is 6.21 Å². The molecule has 0 spiro atoms. The fraction of sp³-hybridized carbons (Fsp3) is 0.389. The summed E-state index contributed by atoms with van der Waals surface area (Å²) in [6.07, 6.45) is 4.82. The summed E-state index contributed by atoms with van der Waals surface area (Å²) in [4.78, 5) is 10.9. The lowest BCUT2D eigenvalue weighted by atomic mass is 10.1. The second-order valence-electron chi connectivity index (χ2n) is 5.86. The molecular weight excluding hydrogens is 316 g/mol. The molecule has 2 aromatic rings. The number of anilines is 1. The Hall–Kier alpha value is -2.51. The molecule has 3 N–H and O–H groups in total. The molecule has 7 nitrogen and oxygen atoms in total. The van der Waals surface area contributed by atoms with Gasteiger partial charge in [0.25, 0.3) is 0 Å². The van der Waals surface area contributed by atoms with E-state index in [1.54, 1.807) is 6.33 Å². The Morgan fingerprint density at radius 3 is 2.92 bits per heavy atom. The van der Waals surface area contributed by atoms with Gasteiger partial charge in [-0.05, 0) is 17.7 Å². The number of hydrogen-bond donors (Lipinski definition) is 3. The minimum atomic E-state index is 0.788. The molecule has 0 unspecified atom stereocenters. The van der Waals surface area contributed by atoms with Crippen molar-refractivity contribution in [3.05, 3.63) is 36.3 Å². The molecule has 0 radical (unpaired) electrons. The Bertz CT molecular complexity index is 754. The first-order valence-electron chi connectivity index (χ1n) is 8.49. The minimum Gasteiger partial charge on any atom is -0.389 e. The third kappa shape index (κ3) is 4.32. The summed E-state index contributed by atoms with van der Waals surface area (Å²) in [6, 6.07) is 5.95.